The molecule has 0 bridgehead atoms. The Morgan fingerprint density at radius 1 is 0.917 bits per heavy atom. The van der Waals surface area contributed by atoms with E-state index in [2.05, 4.69) is 68.6 Å². The molecule has 0 aromatic rings. The number of hydrogen-bond donors (Lipinski definition) is 0. The second kappa shape index (κ2) is 5.32. The zero-order valence-corrected chi connectivity index (χ0v) is 12.7. The van der Waals surface area contributed by atoms with Gasteiger partial charge in [0.25, 0.3) is 0 Å². The zero-order chi connectivity index (χ0) is 9.83. The van der Waals surface area contributed by atoms with Gasteiger partial charge in [-0.3, -0.25) is 0 Å². The van der Waals surface area contributed by atoms with E-state index < -0.39 is 0 Å². The zero-order valence-electron chi connectivity index (χ0n) is 7.91. The highest BCUT2D eigenvalue weighted by Crippen LogP contribution is 2.36. The van der Waals surface area contributed by atoms with Crippen LogP contribution in [0.5, 0.6) is 0 Å². The van der Waals surface area contributed by atoms with Gasteiger partial charge in [-0.25, -0.2) is 0 Å². The summed E-state index contributed by atoms with van der Waals surface area (Å²) in [4.78, 5) is 0. The van der Waals surface area contributed by atoms with Gasteiger partial charge in [0.05, 0.1) is 19.6 Å². The Kier molecular flexibility index (Phi) is 5.94. The fraction of sp³-hybridized carbons (Fsp3) is 1.00. The Morgan fingerprint density at radius 3 is 1.33 bits per heavy atom. The number of hydrogen-bond acceptors (Lipinski definition) is 0. The largest absolute Gasteiger partial charge is 0.322 e. The Bertz CT molecular complexity index is 118. The number of halogens is 3. The van der Waals surface area contributed by atoms with Gasteiger partial charge < -0.3 is 4.48 Å². The van der Waals surface area contributed by atoms with Crippen LogP contribution < -0.4 is 0 Å². The molecule has 0 aromatic carbocycles. The number of alkyl halides is 3. The van der Waals surface area contributed by atoms with Gasteiger partial charge >= 0.3 is 0 Å². The monoisotopic (exact) mass is 364 g/mol. The van der Waals surface area contributed by atoms with Crippen LogP contribution in [0, 0.1) is 0 Å². The average Bonchev–Trinajstić information content (AvgIpc) is 1.99. The Morgan fingerprint density at radius 2 is 1.25 bits per heavy atom. The summed E-state index contributed by atoms with van der Waals surface area (Å²) in [5, 5.41) is 0. The third-order valence-corrected chi connectivity index (χ3v) is 3.28. The van der Waals surface area contributed by atoms with Crippen molar-refractivity contribution in [2.24, 2.45) is 0 Å². The van der Waals surface area contributed by atoms with Crippen molar-refractivity contribution in [2.45, 2.75) is 22.9 Å². The highest BCUT2D eigenvalue weighted by atomic mass is 80.0. The lowest BCUT2D eigenvalue weighted by Crippen LogP contribution is -2.51. The summed E-state index contributed by atoms with van der Waals surface area (Å²) in [6.45, 7) is 11.3. The predicted octanol–water partition coefficient (Wildman–Crippen LogP) is 3.70. The van der Waals surface area contributed by atoms with Crippen LogP contribution in [0.1, 0.15) is 20.8 Å². The van der Waals surface area contributed by atoms with Gasteiger partial charge in [-0.2, -0.15) is 0 Å². The lowest BCUT2D eigenvalue weighted by molar-refractivity contribution is -0.922. The van der Waals surface area contributed by atoms with Crippen molar-refractivity contribution in [1.82, 2.24) is 0 Å². The van der Waals surface area contributed by atoms with Gasteiger partial charge in [0, 0.05) is 0 Å². The average molecular weight is 367 g/mol. The fourth-order valence-corrected chi connectivity index (χ4v) is 2.98. The first-order chi connectivity index (χ1) is 5.39. The molecule has 0 aliphatic heterocycles. The maximum atomic E-state index is 3.55. The highest BCUT2D eigenvalue weighted by molar-refractivity contribution is 9.39. The van der Waals surface area contributed by atoms with E-state index in [9.17, 15) is 0 Å². The van der Waals surface area contributed by atoms with Crippen LogP contribution in [0.2, 0.25) is 0 Å². The van der Waals surface area contributed by atoms with E-state index in [0.29, 0.717) is 0 Å². The Hall–Kier alpha value is 1.40. The molecule has 0 unspecified atom stereocenters. The van der Waals surface area contributed by atoms with Gasteiger partial charge in [0.1, 0.15) is 6.54 Å². The van der Waals surface area contributed by atoms with Crippen molar-refractivity contribution in [1.29, 1.82) is 0 Å². The van der Waals surface area contributed by atoms with E-state index in [1.165, 1.54) is 19.6 Å². The van der Waals surface area contributed by atoms with E-state index in [1.54, 1.807) is 0 Å². The van der Waals surface area contributed by atoms with Crippen LogP contribution >= 0.6 is 47.8 Å². The number of nitrogens with zero attached hydrogens (tertiary/aromatic N) is 1. The highest BCUT2D eigenvalue weighted by Gasteiger charge is 2.32. The molecule has 74 valence electrons. The van der Waals surface area contributed by atoms with Crippen LogP contribution in [0.15, 0.2) is 0 Å². The minimum Gasteiger partial charge on any atom is -0.322 e. The SMILES string of the molecule is CC[N+](CC)(CC)CC(Br)(Br)Br. The summed E-state index contributed by atoms with van der Waals surface area (Å²) in [5.74, 6) is 0. The molecule has 0 atom stereocenters. The van der Waals surface area contributed by atoms with Gasteiger partial charge in [-0.15, -0.1) is 0 Å². The second-order valence-corrected chi connectivity index (χ2v) is 10.3. The number of quaternary nitrogens is 1. The van der Waals surface area contributed by atoms with Crippen molar-refractivity contribution in [3.8, 4) is 0 Å². The molecule has 0 rings (SSSR count). The van der Waals surface area contributed by atoms with E-state index in [-0.39, 0.29) is 2.14 Å². The molecule has 4 heteroatoms. The van der Waals surface area contributed by atoms with Crippen LogP contribution in [0.25, 0.3) is 0 Å². The van der Waals surface area contributed by atoms with E-state index in [4.69, 9.17) is 0 Å². The minimum absolute atomic E-state index is 0.102. The second-order valence-electron chi connectivity index (χ2n) is 3.06. The Balaban J connectivity index is 4.30. The number of rotatable bonds is 4. The molecule has 0 amide bonds. The maximum Gasteiger partial charge on any atom is 0.183 e. The van der Waals surface area contributed by atoms with Crippen molar-refractivity contribution in [2.75, 3.05) is 26.2 Å². The summed E-state index contributed by atoms with van der Waals surface area (Å²) < 4.78 is 1.02. The lowest BCUT2D eigenvalue weighted by Gasteiger charge is -2.38. The third-order valence-electron chi connectivity index (χ3n) is 2.53. The van der Waals surface area contributed by atoms with E-state index >= 15 is 0 Å². The summed E-state index contributed by atoms with van der Waals surface area (Å²) in [7, 11) is 0. The summed E-state index contributed by atoms with van der Waals surface area (Å²) in [5.41, 5.74) is 0. The van der Waals surface area contributed by atoms with Crippen molar-refractivity contribution in [3.63, 3.8) is 0 Å². The molecule has 0 saturated carbocycles. The van der Waals surface area contributed by atoms with Crippen molar-refractivity contribution < 1.29 is 4.48 Å². The molecule has 0 aliphatic carbocycles. The summed E-state index contributed by atoms with van der Waals surface area (Å²) in [6, 6.07) is 0. The molecule has 0 aliphatic rings. The molecule has 0 heterocycles. The molecular formula is C8H17Br3N+. The van der Waals surface area contributed by atoms with E-state index in [0.717, 1.165) is 11.0 Å². The smallest absolute Gasteiger partial charge is 0.183 e. The fourth-order valence-electron chi connectivity index (χ4n) is 1.39. The summed E-state index contributed by atoms with van der Waals surface area (Å²) >= 11 is 10.7. The molecular weight excluding hydrogens is 350 g/mol. The van der Waals surface area contributed by atoms with Gasteiger partial charge in [0.15, 0.2) is 2.14 Å². The first-order valence-corrected chi connectivity index (χ1v) is 6.69. The van der Waals surface area contributed by atoms with Crippen LogP contribution in [-0.4, -0.2) is 32.8 Å². The molecule has 12 heavy (non-hydrogen) atoms. The normalized spacial score (nSPS) is 13.5. The standard InChI is InChI=1S/C8H17Br3N/c1-4-12(5-2,6-3)7-8(9,10)11/h4-7H2,1-3H3/q+1. The quantitative estimate of drug-likeness (QED) is 0.525. The summed E-state index contributed by atoms with van der Waals surface area (Å²) in [6.07, 6.45) is 0. The lowest BCUT2D eigenvalue weighted by atomic mass is 10.3. The topological polar surface area (TPSA) is 0 Å². The van der Waals surface area contributed by atoms with Gasteiger partial charge in [0.2, 0.25) is 0 Å². The minimum atomic E-state index is -0.102. The van der Waals surface area contributed by atoms with Crippen molar-refractivity contribution >= 4 is 47.8 Å². The van der Waals surface area contributed by atoms with E-state index in [1.807, 2.05) is 0 Å². The molecule has 0 spiro atoms. The molecule has 0 fully saturated rings. The van der Waals surface area contributed by atoms with Gasteiger partial charge in [-0.05, 0) is 20.8 Å². The van der Waals surface area contributed by atoms with Gasteiger partial charge in [-0.1, -0.05) is 47.8 Å². The molecule has 0 aromatic heterocycles. The first kappa shape index (κ1) is 13.4. The first-order valence-electron chi connectivity index (χ1n) is 4.31. The molecule has 0 saturated heterocycles. The molecule has 0 N–H and O–H groups in total. The Labute approximate surface area is 101 Å². The van der Waals surface area contributed by atoms with Crippen LogP contribution in [0.4, 0.5) is 0 Å². The van der Waals surface area contributed by atoms with Crippen LogP contribution in [0.3, 0.4) is 0 Å². The van der Waals surface area contributed by atoms with Crippen LogP contribution in [-0.2, 0) is 0 Å². The van der Waals surface area contributed by atoms with Crippen molar-refractivity contribution in [3.05, 3.63) is 0 Å². The maximum absolute atomic E-state index is 3.55. The third kappa shape index (κ3) is 4.58. The predicted molar refractivity (Wildman–Crippen MR) is 66.3 cm³/mol. The molecule has 0 radical (unpaired) electrons. The molecule has 1 nitrogen and oxygen atoms in total.